The molecule has 2 aromatic heterocycles. The van der Waals surface area contributed by atoms with Crippen molar-refractivity contribution >= 4 is 17.4 Å². The van der Waals surface area contributed by atoms with Crippen molar-refractivity contribution in [2.45, 2.75) is 19.4 Å². The first-order valence-electron chi connectivity index (χ1n) is 12.1. The average Bonchev–Trinajstić information content (AvgIpc) is 3.42. The van der Waals surface area contributed by atoms with E-state index in [0.29, 0.717) is 43.0 Å². The number of ketones is 1. The van der Waals surface area contributed by atoms with Crippen molar-refractivity contribution in [3.63, 3.8) is 0 Å². The predicted octanol–water partition coefficient (Wildman–Crippen LogP) is 2.72. The number of para-hydroxylation sites is 1. The highest BCUT2D eigenvalue weighted by Crippen LogP contribution is 2.39. The van der Waals surface area contributed by atoms with Crippen LogP contribution in [0, 0.1) is 6.92 Å². The van der Waals surface area contributed by atoms with Crippen LogP contribution in [-0.2, 0) is 14.3 Å². The number of amides is 1. The summed E-state index contributed by atoms with van der Waals surface area (Å²) < 4.78 is 7.11. The van der Waals surface area contributed by atoms with E-state index < -0.39 is 17.7 Å². The van der Waals surface area contributed by atoms with E-state index in [4.69, 9.17) is 4.74 Å². The molecular formula is C27H29N5O4. The Labute approximate surface area is 209 Å². The second-order valence-corrected chi connectivity index (χ2v) is 8.98. The summed E-state index contributed by atoms with van der Waals surface area (Å²) in [7, 11) is 0. The summed E-state index contributed by atoms with van der Waals surface area (Å²) in [4.78, 5) is 34.5. The van der Waals surface area contributed by atoms with Gasteiger partial charge in [0.25, 0.3) is 11.7 Å². The van der Waals surface area contributed by atoms with Crippen LogP contribution in [0.25, 0.3) is 11.4 Å². The molecule has 0 radical (unpaired) electrons. The van der Waals surface area contributed by atoms with Gasteiger partial charge in [-0.25, -0.2) is 4.68 Å². The number of likely N-dealkylation sites (tertiary alicyclic amines) is 1. The first-order valence-corrected chi connectivity index (χ1v) is 12.1. The van der Waals surface area contributed by atoms with Crippen molar-refractivity contribution in [3.8, 4) is 5.69 Å². The maximum atomic E-state index is 13.3. The van der Waals surface area contributed by atoms with Crippen LogP contribution in [0.15, 0.2) is 66.6 Å². The van der Waals surface area contributed by atoms with E-state index >= 15 is 0 Å². The molecule has 9 heteroatoms. The van der Waals surface area contributed by atoms with Crippen LogP contribution >= 0.6 is 0 Å². The second-order valence-electron chi connectivity index (χ2n) is 8.98. The first-order chi connectivity index (χ1) is 17.6. The minimum absolute atomic E-state index is 0.0649. The lowest BCUT2D eigenvalue weighted by Gasteiger charge is -2.29. The number of aliphatic hydroxyl groups excluding tert-OH is 1. The first kappa shape index (κ1) is 23.9. The van der Waals surface area contributed by atoms with Gasteiger partial charge in [0.15, 0.2) is 0 Å². The number of hydrogen-bond acceptors (Lipinski definition) is 7. The van der Waals surface area contributed by atoms with Crippen molar-refractivity contribution < 1.29 is 19.4 Å². The average molecular weight is 488 g/mol. The molecule has 2 aliphatic heterocycles. The van der Waals surface area contributed by atoms with Gasteiger partial charge in [-0.2, -0.15) is 5.10 Å². The number of ether oxygens (including phenoxy) is 1. The van der Waals surface area contributed by atoms with E-state index in [9.17, 15) is 14.7 Å². The van der Waals surface area contributed by atoms with Crippen molar-refractivity contribution in [2.24, 2.45) is 0 Å². The summed E-state index contributed by atoms with van der Waals surface area (Å²) in [6, 6.07) is 12.4. The van der Waals surface area contributed by atoms with Crippen LogP contribution < -0.4 is 0 Å². The minimum Gasteiger partial charge on any atom is -0.507 e. The van der Waals surface area contributed by atoms with Crippen LogP contribution in [-0.4, -0.2) is 80.8 Å². The van der Waals surface area contributed by atoms with Crippen molar-refractivity contribution in [1.29, 1.82) is 0 Å². The summed E-state index contributed by atoms with van der Waals surface area (Å²) in [5.41, 5.74) is 2.66. The van der Waals surface area contributed by atoms with Gasteiger partial charge in [0.05, 0.1) is 48.0 Å². The van der Waals surface area contributed by atoms with Crippen LogP contribution in [0.2, 0.25) is 0 Å². The third kappa shape index (κ3) is 4.55. The fraction of sp³-hybridized carbons (Fsp3) is 0.333. The molecule has 2 aliphatic rings. The second kappa shape index (κ2) is 10.4. The number of rotatable bonds is 7. The molecule has 1 amide bonds. The zero-order valence-electron chi connectivity index (χ0n) is 20.2. The van der Waals surface area contributed by atoms with E-state index in [2.05, 4.69) is 15.0 Å². The Morgan fingerprint density at radius 2 is 1.83 bits per heavy atom. The lowest BCUT2D eigenvalue weighted by atomic mass is 9.96. The Bertz CT molecular complexity index is 1270. The number of nitrogens with zero attached hydrogens (tertiary/aromatic N) is 5. The monoisotopic (exact) mass is 487 g/mol. The number of benzene rings is 1. The molecular weight excluding hydrogens is 458 g/mol. The summed E-state index contributed by atoms with van der Waals surface area (Å²) in [6.07, 6.45) is 5.51. The third-order valence-electron chi connectivity index (χ3n) is 6.78. The van der Waals surface area contributed by atoms with Crippen LogP contribution in [0.4, 0.5) is 0 Å². The Morgan fingerprint density at radius 1 is 1.06 bits per heavy atom. The zero-order valence-corrected chi connectivity index (χ0v) is 20.2. The molecule has 0 aliphatic carbocycles. The molecule has 2 saturated heterocycles. The number of hydrogen-bond donors (Lipinski definition) is 1. The molecule has 0 spiro atoms. The molecule has 1 atom stereocenters. The Balaban J connectivity index is 1.49. The summed E-state index contributed by atoms with van der Waals surface area (Å²) in [6.45, 7) is 6.14. The number of carbonyl (C=O) groups is 2. The highest BCUT2D eigenvalue weighted by Gasteiger charge is 2.46. The molecule has 9 nitrogen and oxygen atoms in total. The topological polar surface area (TPSA) is 101 Å². The van der Waals surface area contributed by atoms with E-state index in [1.807, 2.05) is 43.3 Å². The Morgan fingerprint density at radius 3 is 2.56 bits per heavy atom. The molecule has 0 saturated carbocycles. The predicted molar refractivity (Wildman–Crippen MR) is 133 cm³/mol. The Hall–Kier alpha value is -3.82. The number of aromatic nitrogens is 3. The molecule has 3 aromatic rings. The van der Waals surface area contributed by atoms with E-state index in [1.165, 1.54) is 6.20 Å². The van der Waals surface area contributed by atoms with Crippen molar-refractivity contribution in [2.75, 3.05) is 39.4 Å². The van der Waals surface area contributed by atoms with Gasteiger partial charge in [0, 0.05) is 38.6 Å². The molecule has 0 unspecified atom stereocenters. The van der Waals surface area contributed by atoms with Gasteiger partial charge < -0.3 is 14.7 Å². The van der Waals surface area contributed by atoms with E-state index in [0.717, 1.165) is 25.3 Å². The molecule has 1 aromatic carbocycles. The van der Waals surface area contributed by atoms with Crippen molar-refractivity contribution in [1.82, 2.24) is 24.6 Å². The molecule has 36 heavy (non-hydrogen) atoms. The number of carbonyl (C=O) groups excluding carboxylic acids is 2. The van der Waals surface area contributed by atoms with Gasteiger partial charge in [-0.15, -0.1) is 0 Å². The fourth-order valence-electron chi connectivity index (χ4n) is 4.90. The van der Waals surface area contributed by atoms with E-state index in [1.54, 1.807) is 28.0 Å². The SMILES string of the molecule is Cc1c(C(O)=C2C(=O)C(=O)N(CCCN3CCOCC3)[C@H]2c2cccnc2)cnn1-c1ccccc1. The smallest absolute Gasteiger partial charge is 0.295 e. The summed E-state index contributed by atoms with van der Waals surface area (Å²) >= 11 is 0. The summed E-state index contributed by atoms with van der Waals surface area (Å²) in [5, 5.41) is 15.8. The lowest BCUT2D eigenvalue weighted by Crippen LogP contribution is -2.39. The number of pyridine rings is 1. The number of aliphatic hydroxyl groups is 1. The normalized spacial score (nSPS) is 20.2. The van der Waals surface area contributed by atoms with Crippen LogP contribution in [0.5, 0.6) is 0 Å². The molecule has 186 valence electrons. The maximum Gasteiger partial charge on any atom is 0.295 e. The third-order valence-corrected chi connectivity index (χ3v) is 6.78. The van der Waals surface area contributed by atoms with Gasteiger partial charge in [0.1, 0.15) is 5.76 Å². The number of morpholine rings is 1. The van der Waals surface area contributed by atoms with Gasteiger partial charge >= 0.3 is 0 Å². The van der Waals surface area contributed by atoms with Crippen LogP contribution in [0.1, 0.15) is 29.3 Å². The quantitative estimate of drug-likeness (QED) is 0.311. The molecule has 5 rings (SSSR count). The lowest BCUT2D eigenvalue weighted by molar-refractivity contribution is -0.140. The van der Waals surface area contributed by atoms with Gasteiger partial charge in [0.2, 0.25) is 0 Å². The number of Topliss-reactive ketones (excluding diaryl/α,β-unsaturated/α-hetero) is 1. The van der Waals surface area contributed by atoms with E-state index in [-0.39, 0.29) is 11.3 Å². The maximum absolute atomic E-state index is 13.3. The summed E-state index contributed by atoms with van der Waals surface area (Å²) in [5.74, 6) is -1.53. The highest BCUT2D eigenvalue weighted by molar-refractivity contribution is 6.46. The van der Waals surface area contributed by atoms with Gasteiger partial charge in [-0.3, -0.25) is 19.5 Å². The highest BCUT2D eigenvalue weighted by atomic mass is 16.5. The van der Waals surface area contributed by atoms with Gasteiger partial charge in [-0.1, -0.05) is 24.3 Å². The molecule has 2 fully saturated rings. The Kier molecular flexibility index (Phi) is 6.92. The van der Waals surface area contributed by atoms with Gasteiger partial charge in [-0.05, 0) is 37.1 Å². The fourth-order valence-corrected chi connectivity index (χ4v) is 4.90. The molecule has 4 heterocycles. The molecule has 1 N–H and O–H groups in total. The minimum atomic E-state index is -0.720. The largest absolute Gasteiger partial charge is 0.507 e. The van der Waals surface area contributed by atoms with Crippen molar-refractivity contribution in [3.05, 3.63) is 83.4 Å². The standard InChI is InChI=1S/C27H29N5O4/c1-19-22(18-29-32(19)21-8-3-2-4-9-21)25(33)23-24(20-7-5-10-28-17-20)31(27(35)26(23)34)12-6-11-30-13-15-36-16-14-30/h2-5,7-10,17-18,24,33H,6,11-16H2,1H3/t24-/m0/s1. The van der Waals surface area contributed by atoms with Crippen LogP contribution in [0.3, 0.4) is 0 Å². The molecule has 0 bridgehead atoms. The zero-order chi connectivity index (χ0) is 25.1.